The molecule has 1 atom stereocenters. The lowest BCUT2D eigenvalue weighted by Gasteiger charge is -2.30. The number of carbonyl (C=O) groups is 2. The molecule has 5 heteroatoms. The van der Waals surface area contributed by atoms with Gasteiger partial charge >= 0.3 is 0 Å². The van der Waals surface area contributed by atoms with Crippen molar-refractivity contribution in [1.82, 2.24) is 10.2 Å². The molecule has 24 heavy (non-hydrogen) atoms. The first-order chi connectivity index (χ1) is 11.5. The highest BCUT2D eigenvalue weighted by Gasteiger charge is 2.27. The lowest BCUT2D eigenvalue weighted by molar-refractivity contribution is -0.141. The topological polar surface area (TPSA) is 49.4 Å². The number of halogens is 1. The van der Waals surface area contributed by atoms with E-state index in [0.29, 0.717) is 25.9 Å². The average molecular weight is 336 g/mol. The van der Waals surface area contributed by atoms with Crippen LogP contribution in [-0.4, -0.2) is 29.3 Å². The van der Waals surface area contributed by atoms with Gasteiger partial charge in [0.25, 0.3) is 0 Å². The van der Waals surface area contributed by atoms with Crippen LogP contribution in [0.2, 0.25) is 0 Å². The highest BCUT2D eigenvalue weighted by Crippen LogP contribution is 2.14. The van der Waals surface area contributed by atoms with Crippen LogP contribution in [0.5, 0.6) is 0 Å². The second-order valence-electron chi connectivity index (χ2n) is 5.97. The Morgan fingerprint density at radius 2 is 1.79 bits per heavy atom. The molecule has 0 spiro atoms. The molecule has 0 saturated carbocycles. The minimum Gasteiger partial charge on any atom is -0.354 e. The predicted molar refractivity (Wildman–Crippen MR) is 93.9 cm³/mol. The Morgan fingerprint density at radius 3 is 2.33 bits per heavy atom. The van der Waals surface area contributed by atoms with Crippen molar-refractivity contribution in [2.24, 2.45) is 0 Å². The summed E-state index contributed by atoms with van der Waals surface area (Å²) in [5, 5.41) is 2.91. The fraction of sp³-hybridized carbons (Fsp3) is 0.579. The van der Waals surface area contributed by atoms with Crippen LogP contribution in [0, 0.1) is 5.82 Å². The lowest BCUT2D eigenvalue weighted by Crippen LogP contribution is -2.49. The van der Waals surface area contributed by atoms with E-state index in [4.69, 9.17) is 0 Å². The van der Waals surface area contributed by atoms with Crippen molar-refractivity contribution in [1.29, 1.82) is 0 Å². The smallest absolute Gasteiger partial charge is 0.242 e. The maximum absolute atomic E-state index is 13.1. The molecule has 0 aliphatic heterocycles. The van der Waals surface area contributed by atoms with Gasteiger partial charge in [-0.2, -0.15) is 0 Å². The first kappa shape index (κ1) is 20.1. The normalized spacial score (nSPS) is 11.8. The fourth-order valence-electron chi connectivity index (χ4n) is 2.57. The number of nitrogens with one attached hydrogen (secondary N) is 1. The molecule has 0 aliphatic carbocycles. The standard InChI is InChI=1S/C19H29FN2O2/c1-4-7-13-21-19(24)17(6-3)22(18(23)8-5-2)14-15-9-11-16(20)12-10-15/h9-12,17H,4-8,13-14H2,1-3H3,(H,21,24)/t17-/m0/s1. The van der Waals surface area contributed by atoms with E-state index in [2.05, 4.69) is 12.2 Å². The Labute approximate surface area is 144 Å². The molecule has 1 rings (SSSR count). The molecule has 0 aliphatic rings. The third-order valence-corrected chi connectivity index (χ3v) is 3.95. The third kappa shape index (κ3) is 6.30. The summed E-state index contributed by atoms with van der Waals surface area (Å²) in [6.07, 6.45) is 3.61. The van der Waals surface area contributed by atoms with Crippen molar-refractivity contribution >= 4 is 11.8 Å². The van der Waals surface area contributed by atoms with Gasteiger partial charge in [-0.05, 0) is 37.0 Å². The molecule has 0 saturated heterocycles. The van der Waals surface area contributed by atoms with Gasteiger partial charge in [-0.1, -0.05) is 39.3 Å². The van der Waals surface area contributed by atoms with Crippen LogP contribution in [0.1, 0.15) is 58.4 Å². The summed E-state index contributed by atoms with van der Waals surface area (Å²) >= 11 is 0. The van der Waals surface area contributed by atoms with Crippen molar-refractivity contribution in [3.05, 3.63) is 35.6 Å². The maximum Gasteiger partial charge on any atom is 0.242 e. The zero-order valence-electron chi connectivity index (χ0n) is 15.0. The third-order valence-electron chi connectivity index (χ3n) is 3.95. The van der Waals surface area contributed by atoms with Gasteiger partial charge in [-0.25, -0.2) is 4.39 Å². The van der Waals surface area contributed by atoms with Crippen molar-refractivity contribution in [3.63, 3.8) is 0 Å². The van der Waals surface area contributed by atoms with Gasteiger partial charge in [0.1, 0.15) is 11.9 Å². The SMILES string of the molecule is CCCCNC(=O)[C@H](CC)N(Cc1ccc(F)cc1)C(=O)CCC. The number of unbranched alkanes of at least 4 members (excludes halogenated alkanes) is 1. The molecule has 1 N–H and O–H groups in total. The lowest BCUT2D eigenvalue weighted by atomic mass is 10.1. The quantitative estimate of drug-likeness (QED) is 0.663. The van der Waals surface area contributed by atoms with Crippen LogP contribution in [0.4, 0.5) is 4.39 Å². The van der Waals surface area contributed by atoms with E-state index in [0.717, 1.165) is 24.8 Å². The van der Waals surface area contributed by atoms with Gasteiger partial charge in [-0.15, -0.1) is 0 Å². The molecule has 1 aromatic rings. The van der Waals surface area contributed by atoms with E-state index >= 15 is 0 Å². The molecule has 0 radical (unpaired) electrons. The monoisotopic (exact) mass is 336 g/mol. The van der Waals surface area contributed by atoms with Crippen LogP contribution in [0.3, 0.4) is 0 Å². The summed E-state index contributed by atoms with van der Waals surface area (Å²) < 4.78 is 13.1. The highest BCUT2D eigenvalue weighted by atomic mass is 19.1. The molecule has 134 valence electrons. The summed E-state index contributed by atoms with van der Waals surface area (Å²) in [5.74, 6) is -0.466. The van der Waals surface area contributed by atoms with Gasteiger partial charge in [0.15, 0.2) is 0 Å². The first-order valence-electron chi connectivity index (χ1n) is 8.85. The summed E-state index contributed by atoms with van der Waals surface area (Å²) in [6.45, 7) is 6.85. The number of hydrogen-bond donors (Lipinski definition) is 1. The summed E-state index contributed by atoms with van der Waals surface area (Å²) in [4.78, 5) is 26.6. The molecule has 1 aromatic carbocycles. The minimum atomic E-state index is -0.494. The van der Waals surface area contributed by atoms with E-state index in [1.165, 1.54) is 12.1 Å². The van der Waals surface area contributed by atoms with Gasteiger partial charge < -0.3 is 10.2 Å². The number of benzene rings is 1. The first-order valence-corrected chi connectivity index (χ1v) is 8.85. The summed E-state index contributed by atoms with van der Waals surface area (Å²) in [6, 6.07) is 5.57. The Hall–Kier alpha value is -1.91. The molecule has 0 fully saturated rings. The molecule has 0 heterocycles. The maximum atomic E-state index is 13.1. The molecule has 2 amide bonds. The zero-order valence-corrected chi connectivity index (χ0v) is 15.0. The number of carbonyl (C=O) groups excluding carboxylic acids is 2. The minimum absolute atomic E-state index is 0.0423. The zero-order chi connectivity index (χ0) is 17.9. The summed E-state index contributed by atoms with van der Waals surface area (Å²) in [5.41, 5.74) is 0.820. The second-order valence-corrected chi connectivity index (χ2v) is 5.97. The van der Waals surface area contributed by atoms with Crippen LogP contribution in [0.25, 0.3) is 0 Å². The molecule has 4 nitrogen and oxygen atoms in total. The fourth-order valence-corrected chi connectivity index (χ4v) is 2.57. The molecular formula is C19H29FN2O2. The van der Waals surface area contributed by atoms with E-state index in [1.807, 2.05) is 13.8 Å². The van der Waals surface area contributed by atoms with Crippen molar-refractivity contribution in [3.8, 4) is 0 Å². The second kappa shape index (κ2) is 10.8. The van der Waals surface area contributed by atoms with E-state index in [-0.39, 0.29) is 17.6 Å². The Balaban J connectivity index is 2.90. The predicted octanol–water partition coefficient (Wildman–Crippen LogP) is 3.65. The van der Waals surface area contributed by atoms with Crippen LogP contribution in [0.15, 0.2) is 24.3 Å². The van der Waals surface area contributed by atoms with Crippen molar-refractivity contribution < 1.29 is 14.0 Å². The van der Waals surface area contributed by atoms with Crippen LogP contribution >= 0.6 is 0 Å². The average Bonchev–Trinajstić information content (AvgIpc) is 2.57. The number of nitrogens with zero attached hydrogens (tertiary/aromatic N) is 1. The molecule has 0 aromatic heterocycles. The van der Waals surface area contributed by atoms with Crippen molar-refractivity contribution in [2.75, 3.05) is 6.54 Å². The molecule has 0 bridgehead atoms. The van der Waals surface area contributed by atoms with Crippen LogP contribution in [-0.2, 0) is 16.1 Å². The van der Waals surface area contributed by atoms with Crippen LogP contribution < -0.4 is 5.32 Å². The highest BCUT2D eigenvalue weighted by molar-refractivity contribution is 5.87. The number of rotatable bonds is 10. The summed E-state index contributed by atoms with van der Waals surface area (Å²) in [7, 11) is 0. The van der Waals surface area contributed by atoms with E-state index in [9.17, 15) is 14.0 Å². The Bertz CT molecular complexity index is 517. The van der Waals surface area contributed by atoms with Gasteiger partial charge in [-0.3, -0.25) is 9.59 Å². The van der Waals surface area contributed by atoms with Gasteiger partial charge in [0.2, 0.25) is 11.8 Å². The molecular weight excluding hydrogens is 307 g/mol. The number of hydrogen-bond acceptors (Lipinski definition) is 2. The van der Waals surface area contributed by atoms with Gasteiger partial charge in [0, 0.05) is 19.5 Å². The molecule has 0 unspecified atom stereocenters. The number of amides is 2. The Morgan fingerprint density at radius 1 is 1.12 bits per heavy atom. The largest absolute Gasteiger partial charge is 0.354 e. The van der Waals surface area contributed by atoms with E-state index < -0.39 is 6.04 Å². The van der Waals surface area contributed by atoms with Crippen molar-refractivity contribution in [2.45, 2.75) is 65.5 Å². The van der Waals surface area contributed by atoms with E-state index in [1.54, 1.807) is 17.0 Å². The van der Waals surface area contributed by atoms with Gasteiger partial charge in [0.05, 0.1) is 0 Å². The Kier molecular flexibility index (Phi) is 9.05.